The number of ether oxygens (including phenoxy) is 1. The topological polar surface area (TPSA) is 53.5 Å². The van der Waals surface area contributed by atoms with Gasteiger partial charge in [0.1, 0.15) is 0 Å². The van der Waals surface area contributed by atoms with Crippen molar-refractivity contribution in [3.63, 3.8) is 0 Å². The highest BCUT2D eigenvalue weighted by molar-refractivity contribution is 5.49. The van der Waals surface area contributed by atoms with Gasteiger partial charge in [-0.2, -0.15) is 0 Å². The van der Waals surface area contributed by atoms with E-state index in [1.807, 2.05) is 42.5 Å². The van der Waals surface area contributed by atoms with Crippen molar-refractivity contribution in [1.29, 1.82) is 0 Å². The highest BCUT2D eigenvalue weighted by Gasteiger charge is 2.12. The molecule has 0 heterocycles. The zero-order valence-corrected chi connectivity index (χ0v) is 12.7. The molecule has 0 spiro atoms. The Kier molecular flexibility index (Phi) is 5.06. The number of phenolic OH excluding ortho intramolecular Hbond substituents is 1. The smallest absolute Gasteiger partial charge is 0.162 e. The summed E-state index contributed by atoms with van der Waals surface area (Å²) in [5.74, 6) is 1.07. The largest absolute Gasteiger partial charge is 0.504 e. The number of anilines is 1. The van der Waals surface area contributed by atoms with Crippen LogP contribution in [0.5, 0.6) is 11.5 Å². The molecule has 3 N–H and O–H groups in total. The molecule has 0 saturated carbocycles. The van der Waals surface area contributed by atoms with Gasteiger partial charge in [-0.05, 0) is 29.7 Å². The summed E-state index contributed by atoms with van der Waals surface area (Å²) in [5.41, 5.74) is 9.14. The minimum atomic E-state index is 0.185. The van der Waals surface area contributed by atoms with E-state index in [-0.39, 0.29) is 5.75 Å². The quantitative estimate of drug-likeness (QED) is 0.710. The van der Waals surface area contributed by atoms with Crippen molar-refractivity contribution in [2.75, 3.05) is 12.5 Å². The van der Waals surface area contributed by atoms with Crippen molar-refractivity contribution in [2.45, 2.75) is 26.3 Å². The predicted octanol–water partition coefficient (Wildman–Crippen LogP) is 3.64. The maximum absolute atomic E-state index is 10.2. The molecule has 4 heteroatoms. The van der Waals surface area contributed by atoms with Gasteiger partial charge in [0.15, 0.2) is 11.5 Å². The molecule has 0 amide bonds. The lowest BCUT2D eigenvalue weighted by Crippen LogP contribution is -2.21. The summed E-state index contributed by atoms with van der Waals surface area (Å²) >= 11 is 0. The second-order valence-corrected chi connectivity index (χ2v) is 5.23. The maximum Gasteiger partial charge on any atom is 0.162 e. The van der Waals surface area contributed by atoms with Crippen molar-refractivity contribution in [3.8, 4) is 11.5 Å². The van der Waals surface area contributed by atoms with Crippen LogP contribution in [0.2, 0.25) is 0 Å². The lowest BCUT2D eigenvalue weighted by atomic mass is 9.99. The molecule has 0 unspecified atom stereocenters. The van der Waals surface area contributed by atoms with Crippen LogP contribution in [0.1, 0.15) is 30.9 Å². The van der Waals surface area contributed by atoms with E-state index in [1.54, 1.807) is 7.11 Å². The number of phenols is 1. The summed E-state index contributed by atoms with van der Waals surface area (Å²) in [7, 11) is 1.57. The number of hydrazine groups is 1. The van der Waals surface area contributed by atoms with E-state index in [2.05, 4.69) is 24.7 Å². The Morgan fingerprint density at radius 3 is 2.48 bits per heavy atom. The summed E-state index contributed by atoms with van der Waals surface area (Å²) in [6.07, 6.45) is 0. The third-order valence-electron chi connectivity index (χ3n) is 3.35. The molecular formula is C17H22N2O2. The van der Waals surface area contributed by atoms with Crippen molar-refractivity contribution in [1.82, 2.24) is 5.43 Å². The average Bonchev–Trinajstić information content (AvgIpc) is 2.49. The summed E-state index contributed by atoms with van der Waals surface area (Å²) < 4.78 is 5.24. The predicted molar refractivity (Wildman–Crippen MR) is 85.7 cm³/mol. The number of benzene rings is 2. The van der Waals surface area contributed by atoms with Crippen molar-refractivity contribution >= 4 is 5.69 Å². The van der Waals surface area contributed by atoms with Crippen LogP contribution in [-0.4, -0.2) is 12.2 Å². The van der Waals surface area contributed by atoms with Gasteiger partial charge in [0.05, 0.1) is 7.11 Å². The lowest BCUT2D eigenvalue weighted by Gasteiger charge is -2.15. The fourth-order valence-electron chi connectivity index (χ4n) is 2.08. The molecule has 0 aliphatic rings. The van der Waals surface area contributed by atoms with Gasteiger partial charge in [0, 0.05) is 17.8 Å². The number of methoxy groups -OCH3 is 1. The van der Waals surface area contributed by atoms with Crippen LogP contribution in [0.4, 0.5) is 5.69 Å². The van der Waals surface area contributed by atoms with E-state index in [0.29, 0.717) is 18.2 Å². The van der Waals surface area contributed by atoms with Gasteiger partial charge in [0.25, 0.3) is 0 Å². The first kappa shape index (κ1) is 15.2. The molecule has 112 valence electrons. The van der Waals surface area contributed by atoms with Gasteiger partial charge < -0.3 is 15.3 Å². The summed E-state index contributed by atoms with van der Waals surface area (Å²) in [5, 5.41) is 10.2. The summed E-state index contributed by atoms with van der Waals surface area (Å²) in [6.45, 7) is 4.73. The molecule has 0 radical (unpaired) electrons. The van der Waals surface area contributed by atoms with E-state index in [9.17, 15) is 5.11 Å². The third-order valence-corrected chi connectivity index (χ3v) is 3.35. The molecular weight excluding hydrogens is 264 g/mol. The molecule has 2 aromatic carbocycles. The van der Waals surface area contributed by atoms with E-state index in [1.165, 1.54) is 0 Å². The van der Waals surface area contributed by atoms with E-state index in [4.69, 9.17) is 4.74 Å². The lowest BCUT2D eigenvalue weighted by molar-refractivity contribution is 0.369. The minimum absolute atomic E-state index is 0.185. The fraction of sp³-hybridized carbons (Fsp3) is 0.294. The van der Waals surface area contributed by atoms with Crippen LogP contribution in [0.3, 0.4) is 0 Å². The van der Waals surface area contributed by atoms with Gasteiger partial charge in [0.2, 0.25) is 0 Å². The normalized spacial score (nSPS) is 10.7. The molecule has 4 nitrogen and oxygen atoms in total. The maximum atomic E-state index is 10.2. The van der Waals surface area contributed by atoms with Gasteiger partial charge >= 0.3 is 0 Å². The molecule has 0 atom stereocenters. The second-order valence-electron chi connectivity index (χ2n) is 5.23. The Bertz CT molecular complexity index is 583. The number of hydrogen-bond donors (Lipinski definition) is 3. The zero-order chi connectivity index (χ0) is 15.2. The highest BCUT2D eigenvalue weighted by atomic mass is 16.5. The summed E-state index contributed by atoms with van der Waals surface area (Å²) in [4.78, 5) is 0. The highest BCUT2D eigenvalue weighted by Crippen LogP contribution is 2.33. The Morgan fingerprint density at radius 1 is 1.14 bits per heavy atom. The first-order valence-electron chi connectivity index (χ1n) is 7.05. The van der Waals surface area contributed by atoms with Gasteiger partial charge in [-0.25, -0.2) is 5.43 Å². The number of rotatable bonds is 6. The Balaban J connectivity index is 2.10. The molecule has 2 aromatic rings. The second kappa shape index (κ2) is 6.99. The van der Waals surface area contributed by atoms with E-state index >= 15 is 0 Å². The zero-order valence-electron chi connectivity index (χ0n) is 12.7. The van der Waals surface area contributed by atoms with Gasteiger partial charge in [-0.1, -0.05) is 38.1 Å². The van der Waals surface area contributed by atoms with E-state index in [0.717, 1.165) is 16.8 Å². The number of nitrogens with one attached hydrogen (secondary N) is 2. The monoisotopic (exact) mass is 286 g/mol. The molecule has 0 bridgehead atoms. The van der Waals surface area contributed by atoms with Crippen LogP contribution in [0, 0.1) is 0 Å². The Morgan fingerprint density at radius 2 is 1.86 bits per heavy atom. The van der Waals surface area contributed by atoms with Crippen LogP contribution in [0.15, 0.2) is 42.5 Å². The SMILES string of the molecule is COc1cc(C(C)C)cc(CNNc2ccccc2)c1O. The molecule has 0 saturated heterocycles. The van der Waals surface area contributed by atoms with Crippen LogP contribution in [0.25, 0.3) is 0 Å². The van der Waals surface area contributed by atoms with E-state index < -0.39 is 0 Å². The van der Waals surface area contributed by atoms with Crippen molar-refractivity contribution in [3.05, 3.63) is 53.6 Å². The molecule has 0 aliphatic heterocycles. The Labute approximate surface area is 125 Å². The number of para-hydroxylation sites is 1. The number of hydrogen-bond acceptors (Lipinski definition) is 4. The Hall–Kier alpha value is -2.20. The van der Waals surface area contributed by atoms with Crippen molar-refractivity contribution in [2.24, 2.45) is 0 Å². The molecule has 2 rings (SSSR count). The summed E-state index contributed by atoms with van der Waals surface area (Å²) in [6, 6.07) is 13.7. The van der Waals surface area contributed by atoms with Crippen molar-refractivity contribution < 1.29 is 9.84 Å². The third kappa shape index (κ3) is 3.89. The average molecular weight is 286 g/mol. The standard InChI is InChI=1S/C17H22N2O2/c1-12(2)13-9-14(17(20)16(10-13)21-3)11-18-19-15-7-5-4-6-8-15/h4-10,12,18-20H,11H2,1-3H3. The first-order chi connectivity index (χ1) is 10.1. The van der Waals surface area contributed by atoms with Crippen LogP contribution < -0.4 is 15.6 Å². The van der Waals surface area contributed by atoms with Crippen LogP contribution in [-0.2, 0) is 6.54 Å². The van der Waals surface area contributed by atoms with Gasteiger partial charge in [-0.15, -0.1) is 0 Å². The molecule has 0 aliphatic carbocycles. The number of aromatic hydroxyl groups is 1. The fourth-order valence-corrected chi connectivity index (χ4v) is 2.08. The molecule has 0 fully saturated rings. The molecule has 21 heavy (non-hydrogen) atoms. The van der Waals surface area contributed by atoms with Gasteiger partial charge in [-0.3, -0.25) is 0 Å². The molecule has 0 aromatic heterocycles. The first-order valence-corrected chi connectivity index (χ1v) is 7.05. The van der Waals surface area contributed by atoms with Crippen LogP contribution >= 0.6 is 0 Å². The minimum Gasteiger partial charge on any atom is -0.504 e.